The largest absolute Gasteiger partial charge is 0.481 e. The van der Waals surface area contributed by atoms with Crippen molar-refractivity contribution in [1.82, 2.24) is 0 Å². The van der Waals surface area contributed by atoms with E-state index in [-0.39, 0.29) is 12.0 Å². The van der Waals surface area contributed by atoms with Crippen LogP contribution in [0.15, 0.2) is 36.4 Å². The third kappa shape index (κ3) is 3.17. The van der Waals surface area contributed by atoms with E-state index in [4.69, 9.17) is 5.11 Å². The molecule has 0 spiro atoms. The first-order valence-corrected chi connectivity index (χ1v) is 5.93. The molecule has 20 heavy (non-hydrogen) atoms. The first-order valence-electron chi connectivity index (χ1n) is 5.93. The Morgan fingerprint density at radius 3 is 2.00 bits per heavy atom. The summed E-state index contributed by atoms with van der Waals surface area (Å²) in [4.78, 5) is 10.4. The molecular weight excluding hydrogens is 269 g/mol. The molecule has 0 saturated carbocycles. The van der Waals surface area contributed by atoms with Gasteiger partial charge in [-0.25, -0.2) is 13.2 Å². The molecule has 0 heterocycles. The van der Waals surface area contributed by atoms with Crippen LogP contribution in [0.2, 0.25) is 0 Å². The average Bonchev–Trinajstić information content (AvgIpc) is 2.42. The highest BCUT2D eigenvalue weighted by molar-refractivity contribution is 5.67. The summed E-state index contributed by atoms with van der Waals surface area (Å²) >= 11 is 0. The number of carbonyl (C=O) groups is 1. The fourth-order valence-electron chi connectivity index (χ4n) is 1.84. The van der Waals surface area contributed by atoms with E-state index in [0.717, 1.165) is 17.7 Å². The minimum atomic E-state index is -1.49. The molecule has 0 amide bonds. The molecule has 5 heteroatoms. The fourth-order valence-corrected chi connectivity index (χ4v) is 1.84. The normalized spacial score (nSPS) is 10.6. The van der Waals surface area contributed by atoms with Crippen LogP contribution >= 0.6 is 0 Å². The number of carboxylic acids is 1. The van der Waals surface area contributed by atoms with Crippen LogP contribution in [0.3, 0.4) is 0 Å². The van der Waals surface area contributed by atoms with Gasteiger partial charge in [-0.05, 0) is 35.2 Å². The van der Waals surface area contributed by atoms with Crippen LogP contribution in [0.5, 0.6) is 0 Å². The van der Waals surface area contributed by atoms with E-state index < -0.39 is 23.4 Å². The quantitative estimate of drug-likeness (QED) is 0.865. The van der Waals surface area contributed by atoms with Crippen molar-refractivity contribution in [3.8, 4) is 11.1 Å². The van der Waals surface area contributed by atoms with E-state index in [9.17, 15) is 18.0 Å². The van der Waals surface area contributed by atoms with Gasteiger partial charge in [-0.2, -0.15) is 0 Å². The third-order valence-corrected chi connectivity index (χ3v) is 2.90. The molecule has 0 aliphatic heterocycles. The Hall–Kier alpha value is -2.30. The average molecular weight is 280 g/mol. The van der Waals surface area contributed by atoms with Gasteiger partial charge in [-0.15, -0.1) is 0 Å². The monoisotopic (exact) mass is 280 g/mol. The highest BCUT2D eigenvalue weighted by Gasteiger charge is 2.11. The number of hydrogen-bond donors (Lipinski definition) is 1. The van der Waals surface area contributed by atoms with E-state index >= 15 is 0 Å². The molecule has 0 radical (unpaired) electrons. The number of aryl methyl sites for hydroxylation is 1. The minimum absolute atomic E-state index is 0.0130. The first kappa shape index (κ1) is 14.1. The minimum Gasteiger partial charge on any atom is -0.481 e. The van der Waals surface area contributed by atoms with Crippen LogP contribution in [-0.2, 0) is 11.2 Å². The lowest BCUT2D eigenvalue weighted by atomic mass is 10.0. The lowest BCUT2D eigenvalue weighted by Crippen LogP contribution is -1.97. The van der Waals surface area contributed by atoms with Gasteiger partial charge in [0.1, 0.15) is 0 Å². The van der Waals surface area contributed by atoms with E-state index in [2.05, 4.69) is 0 Å². The maximum atomic E-state index is 13.1. The Labute approximate surface area is 113 Å². The predicted octanol–water partition coefficient (Wildman–Crippen LogP) is 3.79. The standard InChI is InChI=1S/C15H11F3O2/c16-12-7-11(8-13(17)15(12)18)10-4-1-9(2-5-10)3-6-14(19)20/h1-2,4-5,7-8H,3,6H2,(H,19,20). The van der Waals surface area contributed by atoms with E-state index in [1.165, 1.54) is 0 Å². The summed E-state index contributed by atoms with van der Waals surface area (Å²) in [5.41, 5.74) is 1.56. The van der Waals surface area contributed by atoms with Gasteiger partial charge >= 0.3 is 5.97 Å². The highest BCUT2D eigenvalue weighted by Crippen LogP contribution is 2.24. The topological polar surface area (TPSA) is 37.3 Å². The molecule has 0 aromatic heterocycles. The second kappa shape index (κ2) is 5.77. The maximum absolute atomic E-state index is 13.1. The molecule has 0 aliphatic rings. The zero-order chi connectivity index (χ0) is 14.7. The molecule has 104 valence electrons. The van der Waals surface area contributed by atoms with Gasteiger partial charge in [0, 0.05) is 6.42 Å². The van der Waals surface area contributed by atoms with Gasteiger partial charge in [0.2, 0.25) is 0 Å². The number of carboxylic acid groups (broad SMARTS) is 1. The Balaban J connectivity index is 2.24. The molecule has 2 rings (SSSR count). The summed E-state index contributed by atoms with van der Waals surface area (Å²) in [6.45, 7) is 0. The van der Waals surface area contributed by atoms with E-state index in [1.54, 1.807) is 24.3 Å². The number of halogens is 3. The molecule has 2 nitrogen and oxygen atoms in total. The third-order valence-electron chi connectivity index (χ3n) is 2.90. The maximum Gasteiger partial charge on any atom is 0.303 e. The zero-order valence-electron chi connectivity index (χ0n) is 10.4. The van der Waals surface area contributed by atoms with Crippen LogP contribution in [0.25, 0.3) is 11.1 Å². The van der Waals surface area contributed by atoms with E-state index in [1.807, 2.05) is 0 Å². The molecule has 0 bridgehead atoms. The van der Waals surface area contributed by atoms with Crippen molar-refractivity contribution in [2.24, 2.45) is 0 Å². The second-order valence-corrected chi connectivity index (χ2v) is 4.34. The number of benzene rings is 2. The molecule has 0 atom stereocenters. The Bertz CT molecular complexity index is 613. The van der Waals surface area contributed by atoms with Gasteiger partial charge in [0.25, 0.3) is 0 Å². The van der Waals surface area contributed by atoms with Crippen molar-refractivity contribution < 1.29 is 23.1 Å². The van der Waals surface area contributed by atoms with Crippen molar-refractivity contribution in [2.45, 2.75) is 12.8 Å². The lowest BCUT2D eigenvalue weighted by Gasteiger charge is -2.05. The van der Waals surface area contributed by atoms with Crippen LogP contribution in [0.1, 0.15) is 12.0 Å². The molecule has 0 fully saturated rings. The van der Waals surface area contributed by atoms with Crippen LogP contribution in [0, 0.1) is 17.5 Å². The smallest absolute Gasteiger partial charge is 0.303 e. The van der Waals surface area contributed by atoms with Gasteiger partial charge in [-0.1, -0.05) is 24.3 Å². The van der Waals surface area contributed by atoms with Crippen LogP contribution < -0.4 is 0 Å². The Morgan fingerprint density at radius 1 is 0.950 bits per heavy atom. The summed E-state index contributed by atoms with van der Waals surface area (Å²) in [5.74, 6) is -4.87. The SMILES string of the molecule is O=C(O)CCc1ccc(-c2cc(F)c(F)c(F)c2)cc1. The van der Waals surface area contributed by atoms with Crippen molar-refractivity contribution in [3.05, 3.63) is 59.4 Å². The van der Waals surface area contributed by atoms with Gasteiger partial charge in [0.05, 0.1) is 0 Å². The molecule has 2 aromatic carbocycles. The van der Waals surface area contributed by atoms with E-state index in [0.29, 0.717) is 12.0 Å². The summed E-state index contributed by atoms with van der Waals surface area (Å²) in [5, 5.41) is 8.58. The molecule has 0 aliphatic carbocycles. The number of rotatable bonds is 4. The fraction of sp³-hybridized carbons (Fsp3) is 0.133. The van der Waals surface area contributed by atoms with Gasteiger partial charge in [-0.3, -0.25) is 4.79 Å². The zero-order valence-corrected chi connectivity index (χ0v) is 10.4. The highest BCUT2D eigenvalue weighted by atomic mass is 19.2. The van der Waals surface area contributed by atoms with Crippen molar-refractivity contribution in [3.63, 3.8) is 0 Å². The second-order valence-electron chi connectivity index (χ2n) is 4.34. The Kier molecular flexibility index (Phi) is 4.08. The summed E-state index contributed by atoms with van der Waals surface area (Å²) in [6.07, 6.45) is 0.390. The summed E-state index contributed by atoms with van der Waals surface area (Å²) in [7, 11) is 0. The predicted molar refractivity (Wildman–Crippen MR) is 67.7 cm³/mol. The molecular formula is C15H11F3O2. The summed E-state index contributed by atoms with van der Waals surface area (Å²) < 4.78 is 39.1. The molecule has 2 aromatic rings. The Morgan fingerprint density at radius 2 is 1.50 bits per heavy atom. The summed E-state index contributed by atoms with van der Waals surface area (Å²) in [6, 6.07) is 8.43. The van der Waals surface area contributed by atoms with Crippen LogP contribution in [-0.4, -0.2) is 11.1 Å². The van der Waals surface area contributed by atoms with Crippen LogP contribution in [0.4, 0.5) is 13.2 Å². The number of aliphatic carboxylic acids is 1. The molecule has 0 saturated heterocycles. The molecule has 1 N–H and O–H groups in total. The van der Waals surface area contributed by atoms with Gasteiger partial charge < -0.3 is 5.11 Å². The lowest BCUT2D eigenvalue weighted by molar-refractivity contribution is -0.136. The first-order chi connectivity index (χ1) is 9.47. The van der Waals surface area contributed by atoms with Crippen molar-refractivity contribution >= 4 is 5.97 Å². The molecule has 0 unspecified atom stereocenters. The number of hydrogen-bond acceptors (Lipinski definition) is 1. The van der Waals surface area contributed by atoms with Crippen molar-refractivity contribution in [1.29, 1.82) is 0 Å². The van der Waals surface area contributed by atoms with Crippen molar-refractivity contribution in [2.75, 3.05) is 0 Å². The van der Waals surface area contributed by atoms with Gasteiger partial charge in [0.15, 0.2) is 17.5 Å².